The lowest BCUT2D eigenvalue weighted by molar-refractivity contribution is 0.265. The lowest BCUT2D eigenvalue weighted by Gasteiger charge is -2.19. The van der Waals surface area contributed by atoms with Gasteiger partial charge in [0.2, 0.25) is 0 Å². The molecule has 0 amide bonds. The molecule has 1 rings (SSSR count). The van der Waals surface area contributed by atoms with Crippen molar-refractivity contribution in [2.45, 2.75) is 13.5 Å². The van der Waals surface area contributed by atoms with E-state index in [0.29, 0.717) is 5.15 Å². The highest BCUT2D eigenvalue weighted by Gasteiger charge is 2.02. The number of halogens is 1. The molecule has 0 spiro atoms. The van der Waals surface area contributed by atoms with Crippen molar-refractivity contribution in [2.75, 3.05) is 20.3 Å². The Balaban J connectivity index is 2.53. The van der Waals surface area contributed by atoms with Crippen LogP contribution in [0.3, 0.4) is 0 Å². The van der Waals surface area contributed by atoms with Gasteiger partial charge in [-0.15, -0.1) is 0 Å². The first-order valence-corrected chi connectivity index (χ1v) is 5.11. The summed E-state index contributed by atoms with van der Waals surface area (Å²) in [6.45, 7) is 4.95. The fourth-order valence-corrected chi connectivity index (χ4v) is 1.37. The van der Waals surface area contributed by atoms with Gasteiger partial charge in [-0.1, -0.05) is 24.6 Å². The second-order valence-corrected chi connectivity index (χ2v) is 3.53. The van der Waals surface area contributed by atoms with E-state index in [4.69, 9.17) is 11.6 Å². The van der Waals surface area contributed by atoms with Gasteiger partial charge in [-0.3, -0.25) is 4.90 Å². The molecular formula is C10H16ClN3. The number of nitrogens with one attached hydrogen (secondary N) is 1. The van der Waals surface area contributed by atoms with Crippen molar-refractivity contribution in [1.29, 1.82) is 0 Å². The highest BCUT2D eigenvalue weighted by atomic mass is 35.5. The van der Waals surface area contributed by atoms with Gasteiger partial charge in [0.1, 0.15) is 5.15 Å². The zero-order chi connectivity index (χ0) is 10.4. The molecule has 0 radical (unpaired) electrons. The molecule has 78 valence electrons. The number of hydrogen-bond acceptors (Lipinski definition) is 3. The summed E-state index contributed by atoms with van der Waals surface area (Å²) in [5.74, 6) is 0. The minimum absolute atomic E-state index is 0.547. The molecule has 0 saturated carbocycles. The fourth-order valence-electron chi connectivity index (χ4n) is 1.26. The van der Waals surface area contributed by atoms with Gasteiger partial charge in [-0.2, -0.15) is 0 Å². The SMILES string of the molecule is CCN(CNC)Cc1ccc(Cl)nc1. The Morgan fingerprint density at radius 2 is 2.29 bits per heavy atom. The molecule has 0 saturated heterocycles. The highest BCUT2D eigenvalue weighted by Crippen LogP contribution is 2.07. The maximum atomic E-state index is 5.71. The van der Waals surface area contributed by atoms with Gasteiger partial charge >= 0.3 is 0 Å². The van der Waals surface area contributed by atoms with E-state index in [1.165, 1.54) is 5.56 Å². The quantitative estimate of drug-likeness (QED) is 0.597. The van der Waals surface area contributed by atoms with Crippen molar-refractivity contribution in [3.8, 4) is 0 Å². The molecule has 1 heterocycles. The predicted octanol–water partition coefficient (Wildman–Crippen LogP) is 1.73. The van der Waals surface area contributed by atoms with Gasteiger partial charge < -0.3 is 5.32 Å². The third-order valence-corrected chi connectivity index (χ3v) is 2.25. The number of nitrogens with zero attached hydrogens (tertiary/aromatic N) is 2. The molecule has 0 fully saturated rings. The summed E-state index contributed by atoms with van der Waals surface area (Å²) < 4.78 is 0. The van der Waals surface area contributed by atoms with Crippen LogP contribution in [0.1, 0.15) is 12.5 Å². The Kier molecular flexibility index (Phi) is 4.87. The lowest BCUT2D eigenvalue weighted by Crippen LogP contribution is -2.31. The molecule has 0 bridgehead atoms. The van der Waals surface area contributed by atoms with E-state index in [1.54, 1.807) is 0 Å². The van der Waals surface area contributed by atoms with Gasteiger partial charge in [-0.05, 0) is 25.2 Å². The summed E-state index contributed by atoms with van der Waals surface area (Å²) in [6, 6.07) is 3.83. The Labute approximate surface area is 90.1 Å². The largest absolute Gasteiger partial charge is 0.307 e. The summed E-state index contributed by atoms with van der Waals surface area (Å²) >= 11 is 5.71. The van der Waals surface area contributed by atoms with Gasteiger partial charge in [0, 0.05) is 19.4 Å². The molecular weight excluding hydrogens is 198 g/mol. The van der Waals surface area contributed by atoms with Crippen molar-refractivity contribution < 1.29 is 0 Å². The topological polar surface area (TPSA) is 28.2 Å². The van der Waals surface area contributed by atoms with Crippen LogP contribution < -0.4 is 5.32 Å². The minimum Gasteiger partial charge on any atom is -0.307 e. The van der Waals surface area contributed by atoms with E-state index >= 15 is 0 Å². The zero-order valence-electron chi connectivity index (χ0n) is 8.63. The molecule has 14 heavy (non-hydrogen) atoms. The lowest BCUT2D eigenvalue weighted by atomic mass is 10.3. The first kappa shape index (κ1) is 11.4. The third kappa shape index (κ3) is 3.62. The van der Waals surface area contributed by atoms with E-state index in [9.17, 15) is 0 Å². The van der Waals surface area contributed by atoms with E-state index < -0.39 is 0 Å². The summed E-state index contributed by atoms with van der Waals surface area (Å²) in [5, 5.41) is 3.68. The Bertz CT molecular complexity index is 261. The van der Waals surface area contributed by atoms with Crippen LogP contribution in [0.4, 0.5) is 0 Å². The second-order valence-electron chi connectivity index (χ2n) is 3.15. The molecule has 4 heteroatoms. The average Bonchev–Trinajstić information content (AvgIpc) is 2.20. The van der Waals surface area contributed by atoms with Crippen LogP contribution >= 0.6 is 11.6 Å². The van der Waals surface area contributed by atoms with Gasteiger partial charge in [0.05, 0.1) is 0 Å². The van der Waals surface area contributed by atoms with Crippen LogP contribution in [-0.4, -0.2) is 30.1 Å². The summed E-state index contributed by atoms with van der Waals surface area (Å²) in [6.07, 6.45) is 1.82. The van der Waals surface area contributed by atoms with E-state index in [2.05, 4.69) is 22.1 Å². The van der Waals surface area contributed by atoms with Gasteiger partial charge in [0.25, 0.3) is 0 Å². The molecule has 1 N–H and O–H groups in total. The fraction of sp³-hybridized carbons (Fsp3) is 0.500. The van der Waals surface area contributed by atoms with Crippen molar-refractivity contribution >= 4 is 11.6 Å². The van der Waals surface area contributed by atoms with Crippen LogP contribution in [0.5, 0.6) is 0 Å². The van der Waals surface area contributed by atoms with Gasteiger partial charge in [0.15, 0.2) is 0 Å². The predicted molar refractivity (Wildman–Crippen MR) is 59.3 cm³/mol. The van der Waals surface area contributed by atoms with Crippen LogP contribution in [0.15, 0.2) is 18.3 Å². The summed E-state index contributed by atoms with van der Waals surface area (Å²) in [4.78, 5) is 6.33. The van der Waals surface area contributed by atoms with Crippen molar-refractivity contribution in [1.82, 2.24) is 15.2 Å². The van der Waals surface area contributed by atoms with Crippen molar-refractivity contribution in [3.05, 3.63) is 29.0 Å². The first-order valence-electron chi connectivity index (χ1n) is 4.73. The minimum atomic E-state index is 0.547. The summed E-state index contributed by atoms with van der Waals surface area (Å²) in [5.41, 5.74) is 1.19. The number of aromatic nitrogens is 1. The molecule has 1 aromatic rings. The van der Waals surface area contributed by atoms with Crippen LogP contribution in [-0.2, 0) is 6.54 Å². The van der Waals surface area contributed by atoms with E-state index in [-0.39, 0.29) is 0 Å². The molecule has 0 unspecified atom stereocenters. The van der Waals surface area contributed by atoms with E-state index in [0.717, 1.165) is 19.8 Å². The molecule has 0 aliphatic carbocycles. The molecule has 0 aliphatic rings. The van der Waals surface area contributed by atoms with Crippen molar-refractivity contribution in [3.63, 3.8) is 0 Å². The molecule has 3 nitrogen and oxygen atoms in total. The van der Waals surface area contributed by atoms with Crippen LogP contribution in [0, 0.1) is 0 Å². The highest BCUT2D eigenvalue weighted by molar-refractivity contribution is 6.29. The molecule has 0 aromatic carbocycles. The molecule has 0 aliphatic heterocycles. The number of pyridine rings is 1. The van der Waals surface area contributed by atoms with Crippen molar-refractivity contribution in [2.24, 2.45) is 0 Å². The maximum absolute atomic E-state index is 5.71. The Hall–Kier alpha value is -0.640. The zero-order valence-corrected chi connectivity index (χ0v) is 9.38. The standard InChI is InChI=1S/C10H16ClN3/c1-3-14(8-12-2)7-9-4-5-10(11)13-6-9/h4-6,12H,3,7-8H2,1-2H3. The van der Waals surface area contributed by atoms with Gasteiger partial charge in [-0.25, -0.2) is 4.98 Å². The smallest absolute Gasteiger partial charge is 0.129 e. The third-order valence-electron chi connectivity index (χ3n) is 2.02. The Morgan fingerprint density at radius 3 is 2.79 bits per heavy atom. The number of hydrogen-bond donors (Lipinski definition) is 1. The van der Waals surface area contributed by atoms with Crippen LogP contribution in [0.2, 0.25) is 5.15 Å². The maximum Gasteiger partial charge on any atom is 0.129 e. The monoisotopic (exact) mass is 213 g/mol. The summed E-state index contributed by atoms with van der Waals surface area (Å²) in [7, 11) is 1.95. The first-order chi connectivity index (χ1) is 6.76. The molecule has 0 atom stereocenters. The second kappa shape index (κ2) is 5.96. The van der Waals surface area contributed by atoms with E-state index in [1.807, 2.05) is 25.4 Å². The van der Waals surface area contributed by atoms with Crippen LogP contribution in [0.25, 0.3) is 0 Å². The normalized spacial score (nSPS) is 10.9. The molecule has 1 aromatic heterocycles. The number of rotatable bonds is 5. The average molecular weight is 214 g/mol. The Morgan fingerprint density at radius 1 is 1.50 bits per heavy atom.